The molecule has 0 bridgehead atoms. The summed E-state index contributed by atoms with van der Waals surface area (Å²) in [7, 11) is 5.97. The first-order chi connectivity index (χ1) is 35.6. The highest BCUT2D eigenvalue weighted by Crippen LogP contribution is 2.18. The van der Waals surface area contributed by atoms with Crippen molar-refractivity contribution in [1.29, 1.82) is 0 Å². The Labute approximate surface area is 452 Å². The number of quaternary nitrogens is 1. The molecule has 0 aliphatic carbocycles. The van der Waals surface area contributed by atoms with Crippen LogP contribution in [0.2, 0.25) is 0 Å². The van der Waals surface area contributed by atoms with Crippen LogP contribution in [-0.4, -0.2) is 87.4 Å². The van der Waals surface area contributed by atoms with Gasteiger partial charge in [0, 0.05) is 12.8 Å². The molecule has 0 saturated carbocycles. The Kier molecular flexibility index (Phi) is 54.3. The van der Waals surface area contributed by atoms with Crippen LogP contribution in [0.4, 0.5) is 0 Å². The summed E-state index contributed by atoms with van der Waals surface area (Å²) in [6.45, 7) is 4.86. The lowest BCUT2D eigenvalue weighted by Crippen LogP contribution is -2.40. The molecule has 0 saturated heterocycles. The van der Waals surface area contributed by atoms with Crippen LogP contribution in [0.15, 0.2) is 24.3 Å². The van der Waals surface area contributed by atoms with E-state index in [4.69, 9.17) is 18.9 Å². The van der Waals surface area contributed by atoms with Gasteiger partial charge in [0.05, 0.1) is 34.4 Å². The van der Waals surface area contributed by atoms with Crippen LogP contribution >= 0.6 is 0 Å². The Hall–Kier alpha value is -2.23. The zero-order valence-corrected chi connectivity index (χ0v) is 49.1. The van der Waals surface area contributed by atoms with Crippen LogP contribution < -0.4 is 0 Å². The first-order valence-electron chi connectivity index (χ1n) is 31.5. The quantitative estimate of drug-likeness (QED) is 0.0211. The van der Waals surface area contributed by atoms with Gasteiger partial charge >= 0.3 is 17.9 Å². The Morgan fingerprint density at radius 3 is 1.05 bits per heavy atom. The molecule has 9 nitrogen and oxygen atoms in total. The fraction of sp³-hybridized carbons (Fsp3) is 0.891. The number of ether oxygens (including phenoxy) is 4. The molecule has 1 N–H and O–H groups in total. The van der Waals surface area contributed by atoms with Gasteiger partial charge in [0.15, 0.2) is 6.10 Å². The maximum absolute atomic E-state index is 12.9. The molecule has 0 radical (unpaired) electrons. The number of carbonyl (C=O) groups is 3. The topological polar surface area (TPSA) is 108 Å². The maximum Gasteiger partial charge on any atom is 0.361 e. The Balaban J connectivity index is 3.91. The SMILES string of the molecule is CCCC/C=C\CCCCCCCC(=O)OCC(COC(OCC[N+](C)(C)C)C(=O)O)OC(=O)CCCCCCCCCCCCCCCCCCCCCCCCCCC/C=C\CCCCCCCCCC. The number of carboxylic acids is 1. The predicted octanol–water partition coefficient (Wildman–Crippen LogP) is 18.7. The van der Waals surface area contributed by atoms with Gasteiger partial charge in [-0.2, -0.15) is 0 Å². The van der Waals surface area contributed by atoms with Gasteiger partial charge in [0.2, 0.25) is 0 Å². The van der Waals surface area contributed by atoms with E-state index in [1.807, 2.05) is 21.1 Å². The molecule has 0 aromatic heterocycles. The average molecular weight is 1030 g/mol. The number of rotatable bonds is 59. The van der Waals surface area contributed by atoms with Gasteiger partial charge in [-0.1, -0.05) is 263 Å². The minimum absolute atomic E-state index is 0.182. The van der Waals surface area contributed by atoms with E-state index in [2.05, 4.69) is 38.2 Å². The predicted molar refractivity (Wildman–Crippen MR) is 309 cm³/mol. The molecule has 0 fully saturated rings. The standard InChI is InChI=1S/C64H121NO8/c1-6-8-10-12-14-16-18-19-20-21-22-23-24-25-26-27-28-29-30-31-32-33-34-35-36-37-38-39-40-41-42-43-45-47-49-51-53-55-62(67)73-60(59-72-64(63(68)69)70-57-56-65(3,4)5)58-71-61(66)54-52-50-48-46-44-17-15-13-11-9-7-2/h13,15,21-22,60,64H,6-12,14,16-20,23-59H2,1-5H3/p+1/b15-13-,22-21-. The largest absolute Gasteiger partial charge is 0.477 e. The number of esters is 2. The first kappa shape index (κ1) is 70.8. The lowest BCUT2D eigenvalue weighted by Gasteiger charge is -2.25. The number of nitrogens with zero attached hydrogens (tertiary/aromatic N) is 1. The molecule has 9 heteroatoms. The molecular weight excluding hydrogens is 911 g/mol. The number of likely N-dealkylation sites (N-methyl/N-ethyl adjacent to an activating group) is 1. The zero-order chi connectivity index (χ0) is 53.4. The summed E-state index contributed by atoms with van der Waals surface area (Å²) in [5, 5.41) is 9.68. The van der Waals surface area contributed by atoms with Crippen molar-refractivity contribution < 1.29 is 42.9 Å². The minimum atomic E-state index is -1.51. The highest BCUT2D eigenvalue weighted by atomic mass is 16.7. The lowest BCUT2D eigenvalue weighted by molar-refractivity contribution is -0.870. The van der Waals surface area contributed by atoms with Crippen molar-refractivity contribution in [2.45, 2.75) is 322 Å². The Bertz CT molecular complexity index is 1250. The fourth-order valence-electron chi connectivity index (χ4n) is 9.29. The molecule has 430 valence electrons. The van der Waals surface area contributed by atoms with Gasteiger partial charge in [0.1, 0.15) is 13.2 Å². The van der Waals surface area contributed by atoms with Crippen molar-refractivity contribution in [1.82, 2.24) is 0 Å². The number of unbranched alkanes of at least 4 members (excludes halogenated alkanes) is 40. The molecule has 0 amide bonds. The Morgan fingerprint density at radius 2 is 0.712 bits per heavy atom. The van der Waals surface area contributed by atoms with Crippen LogP contribution in [0, 0.1) is 0 Å². The molecular formula is C64H122NO8+. The summed E-state index contributed by atoms with van der Waals surface area (Å²) in [6.07, 6.45) is 64.5. The van der Waals surface area contributed by atoms with Crippen molar-refractivity contribution >= 4 is 17.9 Å². The average Bonchev–Trinajstić information content (AvgIpc) is 3.36. The van der Waals surface area contributed by atoms with Crippen molar-refractivity contribution in [3.05, 3.63) is 24.3 Å². The van der Waals surface area contributed by atoms with E-state index in [1.165, 1.54) is 218 Å². The number of allylic oxidation sites excluding steroid dienone is 4. The van der Waals surface area contributed by atoms with E-state index in [1.54, 1.807) is 0 Å². The van der Waals surface area contributed by atoms with Gasteiger partial charge in [-0.3, -0.25) is 9.59 Å². The molecule has 0 heterocycles. The molecule has 0 aliphatic heterocycles. The monoisotopic (exact) mass is 1030 g/mol. The van der Waals surface area contributed by atoms with Gasteiger partial charge in [-0.25, -0.2) is 4.79 Å². The zero-order valence-electron chi connectivity index (χ0n) is 49.1. The summed E-state index contributed by atoms with van der Waals surface area (Å²) in [5.74, 6) is -2.00. The van der Waals surface area contributed by atoms with Crippen LogP contribution in [-0.2, 0) is 33.3 Å². The lowest BCUT2D eigenvalue weighted by atomic mass is 10.0. The van der Waals surface area contributed by atoms with Crippen LogP contribution in [0.3, 0.4) is 0 Å². The number of aliphatic carboxylic acids is 1. The van der Waals surface area contributed by atoms with Crippen LogP contribution in [0.1, 0.15) is 309 Å². The van der Waals surface area contributed by atoms with Crippen molar-refractivity contribution in [2.24, 2.45) is 0 Å². The van der Waals surface area contributed by atoms with E-state index >= 15 is 0 Å². The molecule has 0 rings (SSSR count). The molecule has 0 aliphatic rings. The van der Waals surface area contributed by atoms with Crippen molar-refractivity contribution in [2.75, 3.05) is 47.5 Å². The summed E-state index contributed by atoms with van der Waals surface area (Å²) in [4.78, 5) is 37.3. The van der Waals surface area contributed by atoms with Crippen molar-refractivity contribution in [3.8, 4) is 0 Å². The third-order valence-corrected chi connectivity index (χ3v) is 14.2. The van der Waals surface area contributed by atoms with Gasteiger partial charge in [0.25, 0.3) is 6.29 Å². The van der Waals surface area contributed by atoms with Gasteiger partial charge in [-0.15, -0.1) is 0 Å². The highest BCUT2D eigenvalue weighted by Gasteiger charge is 2.25. The van der Waals surface area contributed by atoms with Crippen molar-refractivity contribution in [3.63, 3.8) is 0 Å². The highest BCUT2D eigenvalue weighted by molar-refractivity contribution is 5.71. The minimum Gasteiger partial charge on any atom is -0.477 e. The molecule has 2 atom stereocenters. The van der Waals surface area contributed by atoms with Gasteiger partial charge in [-0.05, 0) is 57.8 Å². The summed E-state index contributed by atoms with van der Waals surface area (Å²) in [6, 6.07) is 0. The fourth-order valence-corrected chi connectivity index (χ4v) is 9.29. The molecule has 0 aromatic rings. The smallest absolute Gasteiger partial charge is 0.361 e. The molecule has 73 heavy (non-hydrogen) atoms. The number of hydrogen-bond donors (Lipinski definition) is 1. The summed E-state index contributed by atoms with van der Waals surface area (Å²) in [5.41, 5.74) is 0. The van der Waals surface area contributed by atoms with E-state index < -0.39 is 24.3 Å². The second-order valence-corrected chi connectivity index (χ2v) is 22.7. The third kappa shape index (κ3) is 57.3. The van der Waals surface area contributed by atoms with E-state index in [0.29, 0.717) is 17.4 Å². The van der Waals surface area contributed by atoms with Crippen LogP contribution in [0.25, 0.3) is 0 Å². The second kappa shape index (κ2) is 56.0. The van der Waals surface area contributed by atoms with Gasteiger partial charge < -0.3 is 28.5 Å². The molecule has 2 unspecified atom stereocenters. The number of carboxylic acid groups (broad SMARTS) is 1. The Morgan fingerprint density at radius 1 is 0.397 bits per heavy atom. The number of carbonyl (C=O) groups excluding carboxylic acids is 2. The van der Waals surface area contributed by atoms with Crippen LogP contribution in [0.5, 0.6) is 0 Å². The molecule has 0 aromatic carbocycles. The first-order valence-corrected chi connectivity index (χ1v) is 31.5. The molecule has 0 spiro atoms. The summed E-state index contributed by atoms with van der Waals surface area (Å²) < 4.78 is 22.8. The second-order valence-electron chi connectivity index (χ2n) is 22.7. The van der Waals surface area contributed by atoms with E-state index in [9.17, 15) is 19.5 Å². The third-order valence-electron chi connectivity index (χ3n) is 14.2. The van der Waals surface area contributed by atoms with E-state index in [-0.39, 0.29) is 32.2 Å². The van der Waals surface area contributed by atoms with E-state index in [0.717, 1.165) is 64.2 Å². The summed E-state index contributed by atoms with van der Waals surface area (Å²) >= 11 is 0. The maximum atomic E-state index is 12.9. The number of hydrogen-bond acceptors (Lipinski definition) is 7. The normalized spacial score (nSPS) is 12.8.